The fourth-order valence-electron chi connectivity index (χ4n) is 3.89. The molecular weight excluding hydrogens is 288 g/mol. The van der Waals surface area contributed by atoms with E-state index in [0.717, 1.165) is 28.9 Å². The van der Waals surface area contributed by atoms with Crippen molar-refractivity contribution >= 4 is 11.7 Å². The third-order valence-corrected chi connectivity index (χ3v) is 4.96. The molecule has 2 aliphatic rings. The number of pyridine rings is 1. The fraction of sp³-hybridized carbons (Fsp3) is 0.263. The molecule has 0 radical (unpaired) electrons. The summed E-state index contributed by atoms with van der Waals surface area (Å²) in [4.78, 5) is 16.2. The van der Waals surface area contributed by atoms with Gasteiger partial charge in [-0.2, -0.15) is 0 Å². The molecule has 0 fully saturated rings. The van der Waals surface area contributed by atoms with Gasteiger partial charge >= 0.3 is 5.97 Å². The zero-order valence-electron chi connectivity index (χ0n) is 12.9. The first-order valence-electron chi connectivity index (χ1n) is 7.87. The molecule has 0 saturated carbocycles. The molecule has 2 aromatic rings. The third-order valence-electron chi connectivity index (χ3n) is 4.96. The van der Waals surface area contributed by atoms with E-state index in [1.807, 2.05) is 37.4 Å². The smallest absolute Gasteiger partial charge is 0.336 e. The predicted octanol–water partition coefficient (Wildman–Crippen LogP) is 3.91. The Morgan fingerprint density at radius 1 is 1.30 bits per heavy atom. The zero-order chi connectivity index (χ0) is 16.0. The second-order valence-corrected chi connectivity index (χ2v) is 6.25. The maximum absolute atomic E-state index is 11.7. The number of carboxylic acids is 1. The van der Waals surface area contributed by atoms with Crippen LogP contribution in [0.2, 0.25) is 0 Å². The molecule has 2 heterocycles. The maximum atomic E-state index is 11.7. The van der Waals surface area contributed by atoms with Crippen LogP contribution >= 0.6 is 0 Å². The van der Waals surface area contributed by atoms with Crippen LogP contribution in [0.3, 0.4) is 0 Å². The standard InChI is InChI=1S/C19H18N2O2/c1-11-8-9-14(19(22)23)16-12-5-4-6-13(12)18(21-17(11)16)15-7-2-3-10-20-15/h2-5,7-10,12-13,18,21H,6H2,1H3,(H,22,23)/t12-,13-,18-/m0/s1. The van der Waals surface area contributed by atoms with E-state index in [1.165, 1.54) is 0 Å². The number of hydrogen-bond donors (Lipinski definition) is 2. The van der Waals surface area contributed by atoms with Gasteiger partial charge in [-0.05, 0) is 48.6 Å². The van der Waals surface area contributed by atoms with E-state index < -0.39 is 5.97 Å². The summed E-state index contributed by atoms with van der Waals surface area (Å²) in [6.45, 7) is 2.02. The van der Waals surface area contributed by atoms with Gasteiger partial charge in [0.05, 0.1) is 17.3 Å². The second kappa shape index (κ2) is 5.23. The van der Waals surface area contributed by atoms with E-state index in [0.29, 0.717) is 11.5 Å². The Morgan fingerprint density at radius 3 is 2.91 bits per heavy atom. The molecule has 2 N–H and O–H groups in total. The molecule has 0 amide bonds. The molecule has 4 rings (SSSR count). The SMILES string of the molecule is Cc1ccc(C(=O)O)c2c1N[C@H](c1ccccn1)[C@H]1CC=C[C@H]21. The molecule has 4 nitrogen and oxygen atoms in total. The topological polar surface area (TPSA) is 62.2 Å². The van der Waals surface area contributed by atoms with Gasteiger partial charge in [0.2, 0.25) is 0 Å². The first kappa shape index (κ1) is 14.0. The van der Waals surface area contributed by atoms with Crippen molar-refractivity contribution in [3.63, 3.8) is 0 Å². The van der Waals surface area contributed by atoms with Crippen LogP contribution in [0.15, 0.2) is 48.7 Å². The summed E-state index contributed by atoms with van der Waals surface area (Å²) < 4.78 is 0. The lowest BCUT2D eigenvalue weighted by Gasteiger charge is -2.38. The number of anilines is 1. The number of aromatic nitrogens is 1. The molecule has 0 bridgehead atoms. The molecule has 3 atom stereocenters. The first-order chi connectivity index (χ1) is 11.2. The minimum absolute atomic E-state index is 0.103. The van der Waals surface area contributed by atoms with E-state index in [2.05, 4.69) is 22.5 Å². The van der Waals surface area contributed by atoms with Crippen LogP contribution in [0.4, 0.5) is 5.69 Å². The minimum Gasteiger partial charge on any atom is -0.478 e. The molecule has 0 spiro atoms. The summed E-state index contributed by atoms with van der Waals surface area (Å²) in [5.41, 5.74) is 4.36. The van der Waals surface area contributed by atoms with Crippen LogP contribution in [0.5, 0.6) is 0 Å². The first-order valence-corrected chi connectivity index (χ1v) is 7.87. The van der Waals surface area contributed by atoms with Crippen molar-refractivity contribution in [2.75, 3.05) is 5.32 Å². The number of carbonyl (C=O) groups is 1. The largest absolute Gasteiger partial charge is 0.478 e. The van der Waals surface area contributed by atoms with E-state index >= 15 is 0 Å². The van der Waals surface area contributed by atoms with Crippen LogP contribution in [0.25, 0.3) is 0 Å². The summed E-state index contributed by atoms with van der Waals surface area (Å²) in [5.74, 6) is -0.431. The Hall–Kier alpha value is -2.62. The summed E-state index contributed by atoms with van der Waals surface area (Å²) in [7, 11) is 0. The van der Waals surface area contributed by atoms with Gasteiger partial charge in [0.15, 0.2) is 0 Å². The molecule has 1 aromatic carbocycles. The zero-order valence-corrected chi connectivity index (χ0v) is 12.9. The quantitative estimate of drug-likeness (QED) is 0.826. The molecule has 1 aliphatic carbocycles. The highest BCUT2D eigenvalue weighted by atomic mass is 16.4. The molecule has 4 heteroatoms. The number of fused-ring (bicyclic) bond motifs is 3. The Balaban J connectivity index is 1.89. The van der Waals surface area contributed by atoms with Gasteiger partial charge < -0.3 is 10.4 Å². The molecule has 1 aromatic heterocycles. The van der Waals surface area contributed by atoms with E-state index in [4.69, 9.17) is 0 Å². The third kappa shape index (κ3) is 2.13. The van der Waals surface area contributed by atoms with Gasteiger partial charge in [-0.3, -0.25) is 4.98 Å². The number of aryl methyl sites for hydroxylation is 1. The Kier molecular flexibility index (Phi) is 3.18. The molecule has 1 aliphatic heterocycles. The van der Waals surface area contributed by atoms with Gasteiger partial charge in [-0.25, -0.2) is 4.79 Å². The average Bonchev–Trinajstić information content (AvgIpc) is 3.05. The number of nitrogens with one attached hydrogen (secondary N) is 1. The number of aromatic carboxylic acids is 1. The number of carboxylic acid groups (broad SMARTS) is 1. The molecule has 23 heavy (non-hydrogen) atoms. The number of benzene rings is 1. The van der Waals surface area contributed by atoms with Crippen LogP contribution in [0.1, 0.15) is 45.6 Å². The van der Waals surface area contributed by atoms with Crippen molar-refractivity contribution in [1.82, 2.24) is 4.98 Å². The van der Waals surface area contributed by atoms with E-state index in [1.54, 1.807) is 6.07 Å². The average molecular weight is 306 g/mol. The predicted molar refractivity (Wildman–Crippen MR) is 88.7 cm³/mol. The monoisotopic (exact) mass is 306 g/mol. The Labute approximate surface area is 134 Å². The summed E-state index contributed by atoms with van der Waals surface area (Å²) in [6.07, 6.45) is 7.07. The van der Waals surface area contributed by atoms with Crippen molar-refractivity contribution in [1.29, 1.82) is 0 Å². The Bertz CT molecular complexity index is 799. The van der Waals surface area contributed by atoms with Gasteiger partial charge in [0.25, 0.3) is 0 Å². The number of nitrogens with zero attached hydrogens (tertiary/aromatic N) is 1. The Morgan fingerprint density at radius 2 is 2.17 bits per heavy atom. The van der Waals surface area contributed by atoms with Crippen molar-refractivity contribution in [3.05, 3.63) is 71.1 Å². The highest BCUT2D eigenvalue weighted by Gasteiger charge is 2.40. The molecule has 0 unspecified atom stereocenters. The normalized spacial score (nSPS) is 24.7. The van der Waals surface area contributed by atoms with Crippen LogP contribution < -0.4 is 5.32 Å². The van der Waals surface area contributed by atoms with Gasteiger partial charge in [-0.15, -0.1) is 0 Å². The van der Waals surface area contributed by atoms with E-state index in [-0.39, 0.29) is 12.0 Å². The van der Waals surface area contributed by atoms with E-state index in [9.17, 15) is 9.90 Å². The minimum atomic E-state index is -0.863. The summed E-state index contributed by atoms with van der Waals surface area (Å²) >= 11 is 0. The highest BCUT2D eigenvalue weighted by Crippen LogP contribution is 2.51. The maximum Gasteiger partial charge on any atom is 0.336 e. The lowest BCUT2D eigenvalue weighted by atomic mass is 9.75. The fourth-order valence-corrected chi connectivity index (χ4v) is 3.89. The van der Waals surface area contributed by atoms with Crippen molar-refractivity contribution in [2.45, 2.75) is 25.3 Å². The lowest BCUT2D eigenvalue weighted by Crippen LogP contribution is -2.31. The van der Waals surface area contributed by atoms with Crippen LogP contribution in [-0.4, -0.2) is 16.1 Å². The van der Waals surface area contributed by atoms with Crippen molar-refractivity contribution in [3.8, 4) is 0 Å². The summed E-state index contributed by atoms with van der Waals surface area (Å²) in [5, 5.41) is 13.2. The van der Waals surface area contributed by atoms with Crippen molar-refractivity contribution in [2.24, 2.45) is 5.92 Å². The second-order valence-electron chi connectivity index (χ2n) is 6.25. The van der Waals surface area contributed by atoms with Gasteiger partial charge in [-0.1, -0.05) is 24.3 Å². The highest BCUT2D eigenvalue weighted by molar-refractivity contribution is 5.93. The number of rotatable bonds is 2. The lowest BCUT2D eigenvalue weighted by molar-refractivity contribution is 0.0695. The van der Waals surface area contributed by atoms with Gasteiger partial charge in [0.1, 0.15) is 0 Å². The van der Waals surface area contributed by atoms with Gasteiger partial charge in [0, 0.05) is 17.8 Å². The molecular formula is C19H18N2O2. The summed E-state index contributed by atoms with van der Waals surface area (Å²) in [6, 6.07) is 9.66. The molecule has 0 saturated heterocycles. The van der Waals surface area contributed by atoms with Crippen molar-refractivity contribution < 1.29 is 9.90 Å². The number of allylic oxidation sites excluding steroid dienone is 2. The van der Waals surface area contributed by atoms with Crippen LogP contribution in [0, 0.1) is 12.8 Å². The molecule has 116 valence electrons. The van der Waals surface area contributed by atoms with Crippen LogP contribution in [-0.2, 0) is 0 Å². The number of hydrogen-bond acceptors (Lipinski definition) is 3.